The van der Waals surface area contributed by atoms with Gasteiger partial charge >= 0.3 is 0 Å². The lowest BCUT2D eigenvalue weighted by molar-refractivity contribution is -0.384. The van der Waals surface area contributed by atoms with Crippen LogP contribution in [-0.2, 0) is 6.54 Å². The summed E-state index contributed by atoms with van der Waals surface area (Å²) in [5.41, 5.74) is 0.919. The molecule has 0 saturated heterocycles. The first kappa shape index (κ1) is 14.1. The molecule has 21 heavy (non-hydrogen) atoms. The Balaban J connectivity index is 2.21. The molecule has 0 bridgehead atoms. The van der Waals surface area contributed by atoms with Crippen LogP contribution in [0.1, 0.15) is 11.1 Å². The van der Waals surface area contributed by atoms with Gasteiger partial charge in [0, 0.05) is 12.6 Å². The number of nitrogens with one attached hydrogen (secondary N) is 1. The van der Waals surface area contributed by atoms with Crippen molar-refractivity contribution in [1.29, 1.82) is 5.26 Å². The number of phenolic OH excluding ortho intramolecular Hbond substituents is 2. The highest BCUT2D eigenvalue weighted by Crippen LogP contribution is 2.28. The van der Waals surface area contributed by atoms with Crippen LogP contribution in [0.25, 0.3) is 0 Å². The lowest BCUT2D eigenvalue weighted by atomic mass is 10.1. The minimum Gasteiger partial charge on any atom is -0.504 e. The Morgan fingerprint density at radius 2 is 1.95 bits per heavy atom. The predicted molar refractivity (Wildman–Crippen MR) is 74.9 cm³/mol. The number of phenols is 2. The van der Waals surface area contributed by atoms with E-state index in [1.807, 2.05) is 6.07 Å². The van der Waals surface area contributed by atoms with Gasteiger partial charge in [-0.2, -0.15) is 5.26 Å². The van der Waals surface area contributed by atoms with E-state index >= 15 is 0 Å². The van der Waals surface area contributed by atoms with Crippen molar-refractivity contribution in [3.05, 3.63) is 57.6 Å². The summed E-state index contributed by atoms with van der Waals surface area (Å²) in [6, 6.07) is 10.2. The summed E-state index contributed by atoms with van der Waals surface area (Å²) in [6.45, 7) is 0.223. The molecule has 0 radical (unpaired) electrons. The van der Waals surface area contributed by atoms with Crippen LogP contribution in [0, 0.1) is 21.4 Å². The molecule has 2 aromatic carbocycles. The summed E-state index contributed by atoms with van der Waals surface area (Å²) in [7, 11) is 0. The standard InChI is InChI=1S/C14H11N3O4/c15-7-9-1-3-11(12(5-9)17(20)21)16-8-10-2-4-13(18)14(19)6-10/h1-6,16,18-19H,8H2. The quantitative estimate of drug-likeness (QED) is 0.451. The molecule has 0 fully saturated rings. The van der Waals surface area contributed by atoms with Gasteiger partial charge in [0.25, 0.3) is 5.69 Å². The van der Waals surface area contributed by atoms with Crippen molar-refractivity contribution >= 4 is 11.4 Å². The fourth-order valence-corrected chi connectivity index (χ4v) is 1.78. The fourth-order valence-electron chi connectivity index (χ4n) is 1.78. The minimum absolute atomic E-state index is 0.197. The second kappa shape index (κ2) is 5.79. The number of benzene rings is 2. The van der Waals surface area contributed by atoms with Crippen LogP contribution in [0.4, 0.5) is 11.4 Å². The van der Waals surface area contributed by atoms with Gasteiger partial charge in [0.1, 0.15) is 5.69 Å². The number of nitrogens with zero attached hydrogens (tertiary/aromatic N) is 2. The van der Waals surface area contributed by atoms with E-state index in [0.29, 0.717) is 5.56 Å². The summed E-state index contributed by atoms with van der Waals surface area (Å²) in [6.07, 6.45) is 0. The number of nitro benzene ring substituents is 1. The van der Waals surface area contributed by atoms with E-state index in [2.05, 4.69) is 5.32 Å². The van der Waals surface area contributed by atoms with Crippen LogP contribution in [0.15, 0.2) is 36.4 Å². The number of aromatic hydroxyl groups is 2. The average Bonchev–Trinajstić information content (AvgIpc) is 2.48. The first-order valence-electron chi connectivity index (χ1n) is 5.94. The molecule has 0 aliphatic heterocycles. The number of nitro groups is 1. The molecule has 0 amide bonds. The first-order valence-corrected chi connectivity index (χ1v) is 5.94. The Hall–Kier alpha value is -3.27. The van der Waals surface area contributed by atoms with Crippen molar-refractivity contribution in [2.75, 3.05) is 5.32 Å². The van der Waals surface area contributed by atoms with Gasteiger partial charge in [0.15, 0.2) is 11.5 Å². The first-order chi connectivity index (χ1) is 10.0. The molecule has 0 aliphatic rings. The number of hydrogen-bond acceptors (Lipinski definition) is 6. The molecule has 0 unspecified atom stereocenters. The smallest absolute Gasteiger partial charge is 0.293 e. The Morgan fingerprint density at radius 3 is 2.57 bits per heavy atom. The molecular formula is C14H11N3O4. The molecular weight excluding hydrogens is 274 g/mol. The molecule has 2 rings (SSSR count). The zero-order valence-corrected chi connectivity index (χ0v) is 10.8. The third-order valence-corrected chi connectivity index (χ3v) is 2.85. The topological polar surface area (TPSA) is 119 Å². The van der Waals surface area contributed by atoms with Crippen molar-refractivity contribution in [3.63, 3.8) is 0 Å². The van der Waals surface area contributed by atoms with Gasteiger partial charge in [-0.25, -0.2) is 0 Å². The molecule has 2 aromatic rings. The third kappa shape index (κ3) is 3.19. The van der Waals surface area contributed by atoms with Crippen LogP contribution in [0.5, 0.6) is 11.5 Å². The fraction of sp³-hybridized carbons (Fsp3) is 0.0714. The molecule has 0 aliphatic carbocycles. The van der Waals surface area contributed by atoms with Crippen LogP contribution in [-0.4, -0.2) is 15.1 Å². The molecule has 0 aromatic heterocycles. The van der Waals surface area contributed by atoms with E-state index in [1.165, 1.54) is 30.3 Å². The second-order valence-electron chi connectivity index (χ2n) is 4.28. The number of nitriles is 1. The SMILES string of the molecule is N#Cc1ccc(NCc2ccc(O)c(O)c2)c([N+](=O)[O-])c1. The predicted octanol–water partition coefficient (Wildman–Crippen LogP) is 2.49. The summed E-state index contributed by atoms with van der Waals surface area (Å²) in [4.78, 5) is 10.4. The maximum Gasteiger partial charge on any atom is 0.293 e. The summed E-state index contributed by atoms with van der Waals surface area (Å²) < 4.78 is 0. The van der Waals surface area contributed by atoms with Crippen molar-refractivity contribution in [2.24, 2.45) is 0 Å². The van der Waals surface area contributed by atoms with Crippen LogP contribution in [0.3, 0.4) is 0 Å². The molecule has 3 N–H and O–H groups in total. The van der Waals surface area contributed by atoms with Crippen molar-refractivity contribution in [1.82, 2.24) is 0 Å². The Bertz CT molecular complexity index is 737. The molecule has 0 atom stereocenters. The van der Waals surface area contributed by atoms with Gasteiger partial charge in [-0.1, -0.05) is 6.07 Å². The molecule has 0 spiro atoms. The van der Waals surface area contributed by atoms with Crippen molar-refractivity contribution in [3.8, 4) is 17.6 Å². The highest BCUT2D eigenvalue weighted by Gasteiger charge is 2.14. The van der Waals surface area contributed by atoms with Gasteiger partial charge in [0.05, 0.1) is 16.6 Å². The lowest BCUT2D eigenvalue weighted by Crippen LogP contribution is -2.03. The van der Waals surface area contributed by atoms with Gasteiger partial charge in [-0.05, 0) is 29.8 Å². The van der Waals surface area contributed by atoms with Crippen molar-refractivity contribution < 1.29 is 15.1 Å². The number of rotatable bonds is 4. The lowest BCUT2D eigenvalue weighted by Gasteiger charge is -2.08. The van der Waals surface area contributed by atoms with Crippen LogP contribution < -0.4 is 5.32 Å². The normalized spacial score (nSPS) is 9.86. The highest BCUT2D eigenvalue weighted by atomic mass is 16.6. The van der Waals surface area contributed by atoms with Crippen LogP contribution >= 0.6 is 0 Å². The number of hydrogen-bond donors (Lipinski definition) is 3. The maximum atomic E-state index is 11.0. The van der Waals surface area contributed by atoms with E-state index in [4.69, 9.17) is 5.26 Å². The van der Waals surface area contributed by atoms with E-state index in [-0.39, 0.29) is 35.0 Å². The molecule has 0 heterocycles. The highest BCUT2D eigenvalue weighted by molar-refractivity contribution is 5.64. The van der Waals surface area contributed by atoms with Gasteiger partial charge in [-0.3, -0.25) is 10.1 Å². The zero-order valence-electron chi connectivity index (χ0n) is 10.8. The molecule has 0 saturated carbocycles. The Morgan fingerprint density at radius 1 is 1.19 bits per heavy atom. The number of anilines is 1. The Labute approximate surface area is 119 Å². The third-order valence-electron chi connectivity index (χ3n) is 2.85. The molecule has 7 nitrogen and oxygen atoms in total. The molecule has 7 heteroatoms. The zero-order chi connectivity index (χ0) is 15.4. The van der Waals surface area contributed by atoms with E-state index in [0.717, 1.165) is 0 Å². The van der Waals surface area contributed by atoms with Crippen molar-refractivity contribution in [2.45, 2.75) is 6.54 Å². The monoisotopic (exact) mass is 285 g/mol. The molecule has 106 valence electrons. The summed E-state index contributed by atoms with van der Waals surface area (Å²) >= 11 is 0. The van der Waals surface area contributed by atoms with E-state index < -0.39 is 4.92 Å². The second-order valence-corrected chi connectivity index (χ2v) is 4.28. The van der Waals surface area contributed by atoms with Crippen LogP contribution in [0.2, 0.25) is 0 Å². The Kier molecular flexibility index (Phi) is 3.90. The van der Waals surface area contributed by atoms with E-state index in [9.17, 15) is 20.3 Å². The summed E-state index contributed by atoms with van der Waals surface area (Å²) in [5.74, 6) is -0.494. The largest absolute Gasteiger partial charge is 0.504 e. The van der Waals surface area contributed by atoms with Gasteiger partial charge in [0.2, 0.25) is 0 Å². The van der Waals surface area contributed by atoms with Gasteiger partial charge in [-0.15, -0.1) is 0 Å². The summed E-state index contributed by atoms with van der Waals surface area (Å²) in [5, 5.41) is 41.2. The maximum absolute atomic E-state index is 11.0. The van der Waals surface area contributed by atoms with E-state index in [1.54, 1.807) is 6.07 Å². The average molecular weight is 285 g/mol. The minimum atomic E-state index is -0.572. The van der Waals surface area contributed by atoms with Gasteiger partial charge < -0.3 is 15.5 Å².